The molecule has 1 aliphatic carbocycles. The summed E-state index contributed by atoms with van der Waals surface area (Å²) in [7, 11) is 1.68. The highest BCUT2D eigenvalue weighted by atomic mass is 16.5. The van der Waals surface area contributed by atoms with Crippen molar-refractivity contribution in [2.24, 2.45) is 11.7 Å². The van der Waals surface area contributed by atoms with E-state index >= 15 is 0 Å². The summed E-state index contributed by atoms with van der Waals surface area (Å²) in [6.45, 7) is 2.06. The van der Waals surface area contributed by atoms with Crippen molar-refractivity contribution < 1.29 is 9.47 Å². The zero-order valence-electron chi connectivity index (χ0n) is 11.0. The Labute approximate surface area is 109 Å². The van der Waals surface area contributed by atoms with E-state index in [0.29, 0.717) is 25.0 Å². The summed E-state index contributed by atoms with van der Waals surface area (Å²) in [5.41, 5.74) is 7.64. The summed E-state index contributed by atoms with van der Waals surface area (Å²) in [6.07, 6.45) is 2.17. The van der Waals surface area contributed by atoms with Crippen LogP contribution in [0.2, 0.25) is 0 Å². The number of ether oxygens (including phenoxy) is 2. The molecular formula is C15H23NO2. The van der Waals surface area contributed by atoms with Crippen molar-refractivity contribution >= 4 is 0 Å². The van der Waals surface area contributed by atoms with Gasteiger partial charge >= 0.3 is 0 Å². The predicted octanol–water partition coefficient (Wildman–Crippen LogP) is 2.17. The minimum absolute atomic E-state index is 0.262. The van der Waals surface area contributed by atoms with Gasteiger partial charge in [-0.2, -0.15) is 0 Å². The van der Waals surface area contributed by atoms with Gasteiger partial charge in [-0.15, -0.1) is 0 Å². The van der Waals surface area contributed by atoms with Crippen molar-refractivity contribution in [3.8, 4) is 0 Å². The Kier molecular flexibility index (Phi) is 5.17. The highest BCUT2D eigenvalue weighted by molar-refractivity contribution is 5.26. The molecule has 18 heavy (non-hydrogen) atoms. The largest absolute Gasteiger partial charge is 0.382 e. The van der Waals surface area contributed by atoms with Crippen LogP contribution >= 0.6 is 0 Å². The first kappa shape index (κ1) is 13.5. The molecule has 3 nitrogen and oxygen atoms in total. The lowest BCUT2D eigenvalue weighted by Crippen LogP contribution is -2.25. The summed E-state index contributed by atoms with van der Waals surface area (Å²) in [5.74, 6) is 1.30. The molecule has 0 aliphatic heterocycles. The fraction of sp³-hybridized carbons (Fsp3) is 0.600. The maximum Gasteiger partial charge on any atom is 0.0700 e. The summed E-state index contributed by atoms with van der Waals surface area (Å²) >= 11 is 0. The second-order valence-electron chi connectivity index (χ2n) is 4.97. The zero-order valence-corrected chi connectivity index (χ0v) is 11.0. The Bertz CT molecular complexity index is 342. The van der Waals surface area contributed by atoms with Gasteiger partial charge in [0, 0.05) is 19.8 Å². The third-order valence-electron chi connectivity index (χ3n) is 3.64. The third-order valence-corrected chi connectivity index (χ3v) is 3.64. The molecule has 0 aromatic heterocycles. The first-order chi connectivity index (χ1) is 8.83. The molecular weight excluding hydrogens is 226 g/mol. The van der Waals surface area contributed by atoms with E-state index in [1.54, 1.807) is 7.11 Å². The van der Waals surface area contributed by atoms with E-state index in [-0.39, 0.29) is 6.04 Å². The van der Waals surface area contributed by atoms with Crippen LogP contribution in [0.5, 0.6) is 0 Å². The van der Waals surface area contributed by atoms with E-state index in [2.05, 4.69) is 30.3 Å². The van der Waals surface area contributed by atoms with Crippen molar-refractivity contribution in [3.05, 3.63) is 35.9 Å². The van der Waals surface area contributed by atoms with E-state index in [0.717, 1.165) is 13.0 Å². The molecule has 2 N–H and O–H groups in total. The van der Waals surface area contributed by atoms with E-state index in [1.165, 1.54) is 12.0 Å². The Balaban J connectivity index is 1.65. The minimum Gasteiger partial charge on any atom is -0.382 e. The summed E-state index contributed by atoms with van der Waals surface area (Å²) in [4.78, 5) is 0. The molecule has 0 heterocycles. The Hall–Kier alpha value is -0.900. The smallest absolute Gasteiger partial charge is 0.0700 e. The number of benzene rings is 1. The van der Waals surface area contributed by atoms with Gasteiger partial charge in [0.25, 0.3) is 0 Å². The summed E-state index contributed by atoms with van der Waals surface area (Å²) < 4.78 is 10.4. The molecule has 1 fully saturated rings. The molecule has 0 spiro atoms. The number of methoxy groups -OCH3 is 1. The Morgan fingerprint density at radius 3 is 2.72 bits per heavy atom. The molecule has 0 saturated heterocycles. The first-order valence-corrected chi connectivity index (χ1v) is 6.70. The van der Waals surface area contributed by atoms with Gasteiger partial charge in [0.15, 0.2) is 0 Å². The van der Waals surface area contributed by atoms with E-state index in [4.69, 9.17) is 15.2 Å². The molecule has 1 aliphatic rings. The molecule has 0 radical (unpaired) electrons. The van der Waals surface area contributed by atoms with Gasteiger partial charge in [-0.3, -0.25) is 0 Å². The highest BCUT2D eigenvalue weighted by Crippen LogP contribution is 2.49. The lowest BCUT2D eigenvalue weighted by molar-refractivity contribution is 0.0664. The standard InChI is InChI=1S/C15H23NO2/c1-17-9-10-18-8-7-15(16)14-11-13(14)12-5-3-2-4-6-12/h2-6,13-15H,7-11,16H2,1H3. The SMILES string of the molecule is COCCOCCC(N)C1CC1c1ccccc1. The van der Waals surface area contributed by atoms with E-state index in [9.17, 15) is 0 Å². The van der Waals surface area contributed by atoms with Crippen LogP contribution in [0.4, 0.5) is 0 Å². The number of nitrogens with two attached hydrogens (primary N) is 1. The molecule has 100 valence electrons. The summed E-state index contributed by atoms with van der Waals surface area (Å²) in [5, 5.41) is 0. The lowest BCUT2D eigenvalue weighted by atomic mass is 10.0. The lowest BCUT2D eigenvalue weighted by Gasteiger charge is -2.11. The average molecular weight is 249 g/mol. The minimum atomic E-state index is 0.262. The van der Waals surface area contributed by atoms with Crippen LogP contribution in [0.3, 0.4) is 0 Å². The van der Waals surface area contributed by atoms with Crippen LogP contribution < -0.4 is 5.73 Å². The first-order valence-electron chi connectivity index (χ1n) is 6.70. The predicted molar refractivity (Wildman–Crippen MR) is 72.6 cm³/mol. The number of hydrogen-bond donors (Lipinski definition) is 1. The third kappa shape index (κ3) is 3.80. The van der Waals surface area contributed by atoms with Crippen molar-refractivity contribution in [1.82, 2.24) is 0 Å². The molecule has 1 aromatic rings. The van der Waals surface area contributed by atoms with Crippen LogP contribution in [0.25, 0.3) is 0 Å². The zero-order chi connectivity index (χ0) is 12.8. The van der Waals surface area contributed by atoms with Gasteiger partial charge in [0.05, 0.1) is 13.2 Å². The number of hydrogen-bond acceptors (Lipinski definition) is 3. The molecule has 0 bridgehead atoms. The van der Waals surface area contributed by atoms with Crippen molar-refractivity contribution in [3.63, 3.8) is 0 Å². The van der Waals surface area contributed by atoms with Crippen LogP contribution in [0, 0.1) is 5.92 Å². The maximum atomic E-state index is 6.21. The molecule has 0 amide bonds. The fourth-order valence-corrected chi connectivity index (χ4v) is 2.45. The maximum absolute atomic E-state index is 6.21. The Morgan fingerprint density at radius 2 is 2.00 bits per heavy atom. The molecule has 3 atom stereocenters. The van der Waals surface area contributed by atoms with Gasteiger partial charge in [0.2, 0.25) is 0 Å². The fourth-order valence-electron chi connectivity index (χ4n) is 2.45. The quantitative estimate of drug-likeness (QED) is 0.718. The number of rotatable bonds is 8. The normalized spacial score (nSPS) is 23.9. The Morgan fingerprint density at radius 1 is 1.22 bits per heavy atom. The van der Waals surface area contributed by atoms with Crippen molar-refractivity contribution in [2.45, 2.75) is 24.8 Å². The topological polar surface area (TPSA) is 44.5 Å². The van der Waals surface area contributed by atoms with Gasteiger partial charge in [-0.05, 0) is 30.2 Å². The van der Waals surface area contributed by atoms with Crippen molar-refractivity contribution in [1.29, 1.82) is 0 Å². The second kappa shape index (κ2) is 6.88. The van der Waals surface area contributed by atoms with E-state index < -0.39 is 0 Å². The second-order valence-corrected chi connectivity index (χ2v) is 4.97. The van der Waals surface area contributed by atoms with Gasteiger partial charge in [-0.25, -0.2) is 0 Å². The monoisotopic (exact) mass is 249 g/mol. The van der Waals surface area contributed by atoms with Gasteiger partial charge in [0.1, 0.15) is 0 Å². The van der Waals surface area contributed by atoms with Crippen LogP contribution in [-0.4, -0.2) is 33.0 Å². The van der Waals surface area contributed by atoms with Gasteiger partial charge in [-0.1, -0.05) is 30.3 Å². The van der Waals surface area contributed by atoms with Gasteiger partial charge < -0.3 is 15.2 Å². The van der Waals surface area contributed by atoms with Crippen molar-refractivity contribution in [2.75, 3.05) is 26.9 Å². The van der Waals surface area contributed by atoms with Crippen LogP contribution in [-0.2, 0) is 9.47 Å². The molecule has 3 unspecified atom stereocenters. The van der Waals surface area contributed by atoms with E-state index in [1.807, 2.05) is 0 Å². The van der Waals surface area contributed by atoms with Crippen LogP contribution in [0.15, 0.2) is 30.3 Å². The molecule has 3 heteroatoms. The summed E-state index contributed by atoms with van der Waals surface area (Å²) in [6, 6.07) is 10.9. The highest BCUT2D eigenvalue weighted by Gasteiger charge is 2.41. The van der Waals surface area contributed by atoms with Crippen LogP contribution in [0.1, 0.15) is 24.3 Å². The average Bonchev–Trinajstić information content (AvgIpc) is 3.20. The molecule has 2 rings (SSSR count). The molecule has 1 saturated carbocycles. The molecule has 1 aromatic carbocycles.